The molecule has 4 nitrogen and oxygen atoms in total. The third-order valence-electron chi connectivity index (χ3n) is 2.05. The average Bonchev–Trinajstić information content (AvgIpc) is 2.32. The second kappa shape index (κ2) is 5.98. The molecule has 0 bridgehead atoms. The van der Waals surface area contributed by atoms with E-state index in [0.717, 1.165) is 0 Å². The third kappa shape index (κ3) is 3.17. The highest BCUT2D eigenvalue weighted by Crippen LogP contribution is 2.39. The number of rotatable bonds is 4. The lowest BCUT2D eigenvalue weighted by Crippen LogP contribution is -2.25. The molecule has 1 aromatic rings. The van der Waals surface area contributed by atoms with Gasteiger partial charge in [0.05, 0.1) is 19.2 Å². The normalized spacial score (nSPS) is 11.8. The number of carbonyl (C=O) groups excluding carboxylic acids is 1. The molecule has 94 valence electrons. The van der Waals surface area contributed by atoms with Gasteiger partial charge in [0, 0.05) is 0 Å². The van der Waals surface area contributed by atoms with E-state index in [1.165, 1.54) is 14.2 Å². The Balaban J connectivity index is 2.96. The van der Waals surface area contributed by atoms with Gasteiger partial charge in [-0.25, -0.2) is 4.79 Å². The van der Waals surface area contributed by atoms with Crippen LogP contribution in [-0.2, 0) is 9.53 Å². The van der Waals surface area contributed by atoms with E-state index in [-0.39, 0.29) is 5.02 Å². The largest absolute Gasteiger partial charge is 0.493 e. The Morgan fingerprint density at radius 1 is 1.29 bits per heavy atom. The predicted molar refractivity (Wildman–Crippen MR) is 65.1 cm³/mol. The minimum atomic E-state index is -0.761. The zero-order valence-corrected chi connectivity index (χ0v) is 11.1. The Kier molecular flexibility index (Phi) is 4.90. The van der Waals surface area contributed by atoms with Crippen LogP contribution in [-0.4, -0.2) is 26.3 Å². The van der Waals surface area contributed by atoms with Crippen molar-refractivity contribution in [3.8, 4) is 11.5 Å². The molecule has 0 aliphatic rings. The highest BCUT2D eigenvalue weighted by molar-refractivity contribution is 6.38. The minimum absolute atomic E-state index is 0.218. The first-order valence-corrected chi connectivity index (χ1v) is 5.53. The molecule has 1 aromatic carbocycles. The van der Waals surface area contributed by atoms with Crippen LogP contribution in [0.4, 0.5) is 0 Å². The van der Waals surface area contributed by atoms with E-state index >= 15 is 0 Å². The van der Waals surface area contributed by atoms with E-state index < -0.39 is 12.1 Å². The SMILES string of the molecule is COC(=O)[C@H](C)Oc1ccc(Cl)c(OC)c1Cl. The molecule has 0 aromatic heterocycles. The number of benzene rings is 1. The molecule has 0 fully saturated rings. The van der Waals surface area contributed by atoms with E-state index in [0.29, 0.717) is 16.5 Å². The molecule has 1 atom stereocenters. The van der Waals surface area contributed by atoms with Crippen molar-refractivity contribution in [2.75, 3.05) is 14.2 Å². The van der Waals surface area contributed by atoms with Gasteiger partial charge in [0.1, 0.15) is 10.8 Å². The molecule has 0 amide bonds. The van der Waals surface area contributed by atoms with Crippen molar-refractivity contribution in [2.45, 2.75) is 13.0 Å². The lowest BCUT2D eigenvalue weighted by molar-refractivity contribution is -0.147. The van der Waals surface area contributed by atoms with Gasteiger partial charge in [-0.1, -0.05) is 23.2 Å². The summed E-state index contributed by atoms with van der Waals surface area (Å²) in [4.78, 5) is 11.2. The summed E-state index contributed by atoms with van der Waals surface area (Å²) in [6.07, 6.45) is -0.761. The molecule has 6 heteroatoms. The number of carbonyl (C=O) groups is 1. The van der Waals surface area contributed by atoms with Crippen LogP contribution in [0.1, 0.15) is 6.92 Å². The zero-order valence-electron chi connectivity index (χ0n) is 9.62. The molecule has 0 aliphatic carbocycles. The van der Waals surface area contributed by atoms with Crippen LogP contribution in [0.15, 0.2) is 12.1 Å². The van der Waals surface area contributed by atoms with Crippen molar-refractivity contribution < 1.29 is 19.0 Å². The summed E-state index contributed by atoms with van der Waals surface area (Å²) in [5, 5.41) is 0.589. The first-order valence-electron chi connectivity index (χ1n) is 4.77. The number of methoxy groups -OCH3 is 2. The van der Waals surface area contributed by atoms with E-state index in [9.17, 15) is 4.79 Å². The second-order valence-corrected chi connectivity index (χ2v) is 3.96. The number of hydrogen-bond acceptors (Lipinski definition) is 4. The van der Waals surface area contributed by atoms with Crippen molar-refractivity contribution in [1.29, 1.82) is 0 Å². The van der Waals surface area contributed by atoms with Crippen LogP contribution in [0.3, 0.4) is 0 Å². The predicted octanol–water partition coefficient (Wildman–Crippen LogP) is 2.94. The van der Waals surface area contributed by atoms with E-state index in [1.54, 1.807) is 19.1 Å². The topological polar surface area (TPSA) is 44.8 Å². The number of hydrogen-bond donors (Lipinski definition) is 0. The molecule has 0 spiro atoms. The molecule has 0 unspecified atom stereocenters. The molecule has 0 saturated heterocycles. The van der Waals surface area contributed by atoms with E-state index in [1.807, 2.05) is 0 Å². The number of halogens is 2. The van der Waals surface area contributed by atoms with Gasteiger partial charge in [-0.15, -0.1) is 0 Å². The quantitative estimate of drug-likeness (QED) is 0.795. The summed E-state index contributed by atoms with van der Waals surface area (Å²) in [6, 6.07) is 3.14. The Morgan fingerprint density at radius 2 is 1.94 bits per heavy atom. The van der Waals surface area contributed by atoms with Crippen molar-refractivity contribution in [3.63, 3.8) is 0 Å². The van der Waals surface area contributed by atoms with Gasteiger partial charge in [0.25, 0.3) is 0 Å². The fourth-order valence-electron chi connectivity index (χ4n) is 1.20. The molecule has 0 saturated carbocycles. The van der Waals surface area contributed by atoms with E-state index in [2.05, 4.69) is 4.74 Å². The Labute approximate surface area is 109 Å². The van der Waals surface area contributed by atoms with Gasteiger partial charge in [-0.3, -0.25) is 0 Å². The fraction of sp³-hybridized carbons (Fsp3) is 0.364. The van der Waals surface area contributed by atoms with Gasteiger partial charge in [0.2, 0.25) is 0 Å². The zero-order chi connectivity index (χ0) is 13.0. The molecule has 0 aliphatic heterocycles. The van der Waals surface area contributed by atoms with Gasteiger partial charge in [-0.05, 0) is 19.1 Å². The smallest absolute Gasteiger partial charge is 0.346 e. The summed E-state index contributed by atoms with van der Waals surface area (Å²) in [5.41, 5.74) is 0. The summed E-state index contributed by atoms with van der Waals surface area (Å²) < 4.78 is 14.9. The van der Waals surface area contributed by atoms with Crippen molar-refractivity contribution in [1.82, 2.24) is 0 Å². The average molecular weight is 279 g/mol. The third-order valence-corrected chi connectivity index (χ3v) is 2.71. The summed E-state index contributed by atoms with van der Waals surface area (Å²) in [5.74, 6) is 0.128. The lowest BCUT2D eigenvalue weighted by Gasteiger charge is -2.15. The maximum Gasteiger partial charge on any atom is 0.346 e. The molecular weight excluding hydrogens is 267 g/mol. The monoisotopic (exact) mass is 278 g/mol. The van der Waals surface area contributed by atoms with Gasteiger partial charge < -0.3 is 14.2 Å². The first-order chi connectivity index (χ1) is 8.01. The Bertz CT molecular complexity index is 420. The van der Waals surface area contributed by atoms with Crippen LogP contribution in [0.5, 0.6) is 11.5 Å². The summed E-state index contributed by atoms with van der Waals surface area (Å²) in [7, 11) is 2.73. The van der Waals surface area contributed by atoms with Crippen molar-refractivity contribution in [2.24, 2.45) is 0 Å². The lowest BCUT2D eigenvalue weighted by atomic mass is 10.3. The van der Waals surface area contributed by atoms with Crippen molar-refractivity contribution >= 4 is 29.2 Å². The first kappa shape index (κ1) is 13.9. The molecular formula is C11H12Cl2O4. The van der Waals surface area contributed by atoms with Crippen LogP contribution in [0.25, 0.3) is 0 Å². The molecule has 1 rings (SSSR count). The number of ether oxygens (including phenoxy) is 3. The van der Waals surface area contributed by atoms with Gasteiger partial charge in [0.15, 0.2) is 11.9 Å². The maximum atomic E-state index is 11.2. The highest BCUT2D eigenvalue weighted by atomic mass is 35.5. The second-order valence-electron chi connectivity index (χ2n) is 3.18. The van der Waals surface area contributed by atoms with Gasteiger partial charge >= 0.3 is 5.97 Å². The minimum Gasteiger partial charge on any atom is -0.493 e. The highest BCUT2D eigenvalue weighted by Gasteiger charge is 2.19. The number of esters is 1. The summed E-state index contributed by atoms with van der Waals surface area (Å²) >= 11 is 11.9. The standard InChI is InChI=1S/C11H12Cl2O4/c1-6(11(14)16-3)17-8-5-4-7(12)10(15-2)9(8)13/h4-6H,1-3H3/t6-/m0/s1. The van der Waals surface area contributed by atoms with Crippen LogP contribution >= 0.6 is 23.2 Å². The summed E-state index contributed by atoms with van der Waals surface area (Å²) in [6.45, 7) is 1.56. The Hall–Kier alpha value is -1.13. The molecule has 17 heavy (non-hydrogen) atoms. The Morgan fingerprint density at radius 3 is 2.47 bits per heavy atom. The van der Waals surface area contributed by atoms with Crippen LogP contribution in [0, 0.1) is 0 Å². The van der Waals surface area contributed by atoms with E-state index in [4.69, 9.17) is 32.7 Å². The van der Waals surface area contributed by atoms with Gasteiger partial charge in [-0.2, -0.15) is 0 Å². The maximum absolute atomic E-state index is 11.2. The van der Waals surface area contributed by atoms with Crippen LogP contribution in [0.2, 0.25) is 10.0 Å². The fourth-order valence-corrected chi connectivity index (χ4v) is 1.77. The van der Waals surface area contributed by atoms with Crippen molar-refractivity contribution in [3.05, 3.63) is 22.2 Å². The molecule has 0 radical (unpaired) electrons. The van der Waals surface area contributed by atoms with Crippen LogP contribution < -0.4 is 9.47 Å². The molecule has 0 N–H and O–H groups in total. The molecule has 0 heterocycles.